The van der Waals surface area contributed by atoms with E-state index in [9.17, 15) is 14.0 Å². The number of amides is 2. The first kappa shape index (κ1) is 20.3. The van der Waals surface area contributed by atoms with Gasteiger partial charge in [0.1, 0.15) is 5.82 Å². The van der Waals surface area contributed by atoms with Crippen molar-refractivity contribution in [3.8, 4) is 0 Å². The lowest BCUT2D eigenvalue weighted by Crippen LogP contribution is -2.26. The molecule has 0 radical (unpaired) electrons. The average molecular weight is 440 g/mol. The van der Waals surface area contributed by atoms with E-state index in [1.807, 2.05) is 31.2 Å². The molecule has 0 spiro atoms. The molecule has 1 atom stereocenters. The molecule has 5 nitrogen and oxygen atoms in total. The maximum absolute atomic E-state index is 13.0. The molecule has 0 aromatic heterocycles. The molecule has 0 saturated carbocycles. The average Bonchev–Trinajstić information content (AvgIpc) is 2.74. The van der Waals surface area contributed by atoms with Crippen LogP contribution >= 0.6 is 23.7 Å². The van der Waals surface area contributed by atoms with Gasteiger partial charge in [0.2, 0.25) is 5.91 Å². The van der Waals surface area contributed by atoms with Crippen LogP contribution in [0.3, 0.4) is 0 Å². The zero-order valence-corrected chi connectivity index (χ0v) is 17.6. The summed E-state index contributed by atoms with van der Waals surface area (Å²) in [4.78, 5) is 26.4. The second kappa shape index (κ2) is 8.81. The summed E-state index contributed by atoms with van der Waals surface area (Å²) in [7, 11) is 0. The predicted octanol–water partition coefficient (Wildman–Crippen LogP) is 5.63. The number of hydrogen-bond acceptors (Lipinski definition) is 5. The molecule has 3 aromatic carbocycles. The van der Waals surface area contributed by atoms with Crippen LogP contribution in [0.15, 0.2) is 76.5 Å². The summed E-state index contributed by atoms with van der Waals surface area (Å²) in [6, 6.07) is 18.8. The summed E-state index contributed by atoms with van der Waals surface area (Å²) in [5.41, 5.74) is 2.55. The van der Waals surface area contributed by atoms with E-state index in [0.29, 0.717) is 16.9 Å². The number of nitrogens with one attached hydrogen (secondary N) is 3. The molecule has 2 amide bonds. The van der Waals surface area contributed by atoms with Crippen LogP contribution in [0.4, 0.5) is 21.5 Å². The first-order valence-electron chi connectivity index (χ1n) is 9.19. The lowest BCUT2D eigenvalue weighted by atomic mass is 10.1. The van der Waals surface area contributed by atoms with Crippen LogP contribution in [-0.4, -0.2) is 17.1 Å². The van der Waals surface area contributed by atoms with Crippen molar-refractivity contribution in [3.63, 3.8) is 0 Å². The number of fused-ring (bicyclic) bond motifs is 1. The second-order valence-electron chi connectivity index (χ2n) is 6.65. The van der Waals surface area contributed by atoms with Gasteiger partial charge in [0, 0.05) is 26.7 Å². The summed E-state index contributed by atoms with van der Waals surface area (Å²) < 4.78 is 16.1. The van der Waals surface area contributed by atoms with Crippen molar-refractivity contribution in [2.45, 2.75) is 22.0 Å². The summed E-state index contributed by atoms with van der Waals surface area (Å²) in [5, 5.41) is 5.57. The van der Waals surface area contributed by atoms with Crippen molar-refractivity contribution in [2.75, 3.05) is 15.4 Å². The molecule has 0 bridgehead atoms. The van der Waals surface area contributed by atoms with Gasteiger partial charge in [-0.25, -0.2) is 4.39 Å². The Morgan fingerprint density at radius 2 is 1.87 bits per heavy atom. The van der Waals surface area contributed by atoms with Crippen molar-refractivity contribution in [3.05, 3.63) is 78.1 Å². The highest BCUT2D eigenvalue weighted by Gasteiger charge is 2.23. The van der Waals surface area contributed by atoms with Crippen LogP contribution < -0.4 is 15.4 Å². The fourth-order valence-corrected chi connectivity index (χ4v) is 4.46. The number of carbonyl (C=O) groups excluding carboxylic acids is 2. The molecule has 30 heavy (non-hydrogen) atoms. The van der Waals surface area contributed by atoms with Crippen molar-refractivity contribution in [2.24, 2.45) is 0 Å². The lowest BCUT2D eigenvalue weighted by Gasteiger charge is -2.21. The number of hydrogen-bond donors (Lipinski definition) is 3. The van der Waals surface area contributed by atoms with E-state index in [1.165, 1.54) is 35.8 Å². The molecule has 1 heterocycles. The van der Waals surface area contributed by atoms with Gasteiger partial charge in [-0.15, -0.1) is 11.8 Å². The maximum atomic E-state index is 13.0. The molecule has 8 heteroatoms. The van der Waals surface area contributed by atoms with Gasteiger partial charge in [-0.1, -0.05) is 6.07 Å². The van der Waals surface area contributed by atoms with E-state index in [2.05, 4.69) is 15.4 Å². The lowest BCUT2D eigenvalue weighted by molar-refractivity contribution is -0.115. The van der Waals surface area contributed by atoms with Gasteiger partial charge in [0.05, 0.1) is 10.9 Å². The zero-order chi connectivity index (χ0) is 21.1. The van der Waals surface area contributed by atoms with E-state index in [1.54, 1.807) is 30.3 Å². The summed E-state index contributed by atoms with van der Waals surface area (Å²) in [6.45, 7) is 1.85. The number of carbonyl (C=O) groups is 2. The molecule has 152 valence electrons. The molecule has 0 saturated heterocycles. The first-order chi connectivity index (χ1) is 14.5. The van der Waals surface area contributed by atoms with Gasteiger partial charge in [-0.3, -0.25) is 9.59 Å². The van der Waals surface area contributed by atoms with Crippen LogP contribution in [0.1, 0.15) is 17.3 Å². The quantitative estimate of drug-likeness (QED) is 0.450. The molecule has 3 aromatic rings. The molecule has 1 aliphatic heterocycles. The number of benzene rings is 3. The Balaban J connectivity index is 1.42. The van der Waals surface area contributed by atoms with Crippen LogP contribution in [0.5, 0.6) is 0 Å². The van der Waals surface area contributed by atoms with Crippen molar-refractivity contribution in [1.82, 2.24) is 0 Å². The minimum absolute atomic E-state index is 0.0663. The number of anilines is 3. The Kier molecular flexibility index (Phi) is 5.96. The molecule has 1 unspecified atom stereocenters. The number of rotatable bonds is 5. The molecule has 0 aliphatic carbocycles. The monoisotopic (exact) mass is 439 g/mol. The molecular formula is C22H18FN3O2S2. The SMILES string of the molecule is CC1Sc2ccc(C(=O)Nc3cccc(SNc4ccc(F)cc4)c3)cc2NC1=O. The molecule has 0 fully saturated rings. The van der Waals surface area contributed by atoms with Crippen molar-refractivity contribution < 1.29 is 14.0 Å². The third-order valence-electron chi connectivity index (χ3n) is 4.40. The van der Waals surface area contributed by atoms with Gasteiger partial charge >= 0.3 is 0 Å². The molecule has 4 rings (SSSR count). The van der Waals surface area contributed by atoms with Crippen LogP contribution in [0, 0.1) is 5.82 Å². The number of thioether (sulfide) groups is 1. The van der Waals surface area contributed by atoms with E-state index in [4.69, 9.17) is 0 Å². The van der Waals surface area contributed by atoms with Crippen molar-refractivity contribution >= 4 is 52.6 Å². The molecule has 3 N–H and O–H groups in total. The van der Waals surface area contributed by atoms with Crippen LogP contribution in [0.2, 0.25) is 0 Å². The van der Waals surface area contributed by atoms with E-state index < -0.39 is 0 Å². The maximum Gasteiger partial charge on any atom is 0.255 e. The Labute approximate surface area is 182 Å². The highest BCUT2D eigenvalue weighted by molar-refractivity contribution is 8.01. The minimum Gasteiger partial charge on any atom is -0.326 e. The smallest absolute Gasteiger partial charge is 0.255 e. The van der Waals surface area contributed by atoms with Gasteiger partial charge in [-0.05, 0) is 79.5 Å². The van der Waals surface area contributed by atoms with Crippen LogP contribution in [0.25, 0.3) is 0 Å². The highest BCUT2D eigenvalue weighted by Crippen LogP contribution is 2.36. The second-order valence-corrected chi connectivity index (χ2v) is 8.92. The summed E-state index contributed by atoms with van der Waals surface area (Å²) >= 11 is 2.84. The fraction of sp³-hybridized carbons (Fsp3) is 0.0909. The largest absolute Gasteiger partial charge is 0.326 e. The Morgan fingerprint density at radius 1 is 1.07 bits per heavy atom. The number of halogens is 1. The third-order valence-corrected chi connectivity index (χ3v) is 6.40. The molecule has 1 aliphatic rings. The van der Waals surface area contributed by atoms with E-state index in [-0.39, 0.29) is 22.9 Å². The summed E-state index contributed by atoms with van der Waals surface area (Å²) in [6.07, 6.45) is 0. The Bertz CT molecular complexity index is 1110. The van der Waals surface area contributed by atoms with Crippen LogP contribution in [-0.2, 0) is 4.79 Å². The fourth-order valence-electron chi connectivity index (χ4n) is 2.83. The normalized spacial score (nSPS) is 15.1. The summed E-state index contributed by atoms with van der Waals surface area (Å²) in [5.74, 6) is -0.613. The minimum atomic E-state index is -0.287. The first-order valence-corrected chi connectivity index (χ1v) is 10.9. The zero-order valence-electron chi connectivity index (χ0n) is 15.9. The molecular weight excluding hydrogens is 421 g/mol. The Morgan fingerprint density at radius 3 is 2.67 bits per heavy atom. The van der Waals surface area contributed by atoms with E-state index >= 15 is 0 Å². The van der Waals surface area contributed by atoms with Gasteiger partial charge < -0.3 is 15.4 Å². The topological polar surface area (TPSA) is 70.2 Å². The standard InChI is InChI=1S/C22H18FN3O2S2/c1-13-21(27)25-19-11-14(5-10-20(19)29-13)22(28)24-17-3-2-4-18(12-17)30-26-16-8-6-15(23)7-9-16/h2-13,26H,1H3,(H,24,28)(H,25,27). The van der Waals surface area contributed by atoms with Crippen molar-refractivity contribution in [1.29, 1.82) is 0 Å². The van der Waals surface area contributed by atoms with Gasteiger partial charge in [0.25, 0.3) is 5.91 Å². The Hall–Kier alpha value is -2.97. The van der Waals surface area contributed by atoms with E-state index in [0.717, 1.165) is 15.5 Å². The van der Waals surface area contributed by atoms with Gasteiger partial charge in [0.15, 0.2) is 0 Å². The predicted molar refractivity (Wildman–Crippen MR) is 121 cm³/mol. The third kappa shape index (κ3) is 4.77. The van der Waals surface area contributed by atoms with Gasteiger partial charge in [-0.2, -0.15) is 0 Å². The highest BCUT2D eigenvalue weighted by atomic mass is 32.2.